The Balaban J connectivity index is 1.50. The first kappa shape index (κ1) is 20.4. The first-order valence-corrected chi connectivity index (χ1v) is 10.2. The number of esters is 1. The quantitative estimate of drug-likeness (QED) is 0.334. The molecular weight excluding hydrogens is 360 g/mol. The maximum Gasteiger partial charge on any atom is 0.314 e. The molecule has 1 aromatic carbocycles. The molecule has 1 aromatic heterocycles. The largest absolute Gasteiger partial charge is 0.421 e. The third-order valence-electron chi connectivity index (χ3n) is 5.57. The third-order valence-corrected chi connectivity index (χ3v) is 5.57. The number of hydrogen-bond donors (Lipinski definition) is 0. The molecule has 0 saturated heterocycles. The number of benzene rings is 1. The number of rotatable bonds is 7. The van der Waals surface area contributed by atoms with Gasteiger partial charge >= 0.3 is 5.97 Å². The van der Waals surface area contributed by atoms with Crippen molar-refractivity contribution in [3.8, 4) is 5.75 Å². The molecule has 0 unspecified atom stereocenters. The molecule has 0 bridgehead atoms. The van der Waals surface area contributed by atoms with Crippen molar-refractivity contribution in [2.45, 2.75) is 64.2 Å². The van der Waals surface area contributed by atoms with E-state index in [1.807, 2.05) is 0 Å². The Labute approximate surface area is 165 Å². The molecule has 1 saturated carbocycles. The fourth-order valence-corrected chi connectivity index (χ4v) is 3.87. The molecule has 3 rings (SSSR count). The van der Waals surface area contributed by atoms with Crippen molar-refractivity contribution in [1.82, 2.24) is 4.98 Å². The minimum Gasteiger partial charge on any atom is -0.421 e. The van der Waals surface area contributed by atoms with Gasteiger partial charge in [0, 0.05) is 0 Å². The fourth-order valence-electron chi connectivity index (χ4n) is 3.87. The lowest BCUT2D eigenvalue weighted by molar-refractivity contribution is -0.140. The molecule has 150 valence electrons. The predicted octanol–water partition coefficient (Wildman–Crippen LogP) is 5.97. The summed E-state index contributed by atoms with van der Waals surface area (Å²) in [6, 6.07) is 10.9. The first-order chi connectivity index (χ1) is 13.6. The molecule has 0 atom stereocenters. The molecule has 1 aliphatic carbocycles. The van der Waals surface area contributed by atoms with Crippen LogP contribution >= 0.6 is 0 Å². The number of nitrogens with zero attached hydrogens (tertiary/aromatic N) is 1. The molecule has 1 heterocycles. The molecule has 1 aliphatic rings. The summed E-state index contributed by atoms with van der Waals surface area (Å²) in [4.78, 5) is 15.4. The van der Waals surface area contributed by atoms with Gasteiger partial charge in [-0.25, -0.2) is 0 Å². The lowest BCUT2D eigenvalue weighted by Gasteiger charge is -2.27. The van der Waals surface area contributed by atoms with E-state index in [4.69, 9.17) is 4.74 Å². The number of pyridine rings is 1. The fraction of sp³-hybridized carbons (Fsp3) is 0.478. The van der Waals surface area contributed by atoms with Crippen LogP contribution < -0.4 is 4.74 Å². The number of ether oxygens (including phenoxy) is 1. The average molecular weight is 387 g/mol. The lowest BCUT2D eigenvalue weighted by Crippen LogP contribution is -2.25. The molecule has 1 fully saturated rings. The zero-order chi connectivity index (χ0) is 19.9. The molecule has 3 nitrogen and oxygen atoms in total. The Hall–Kier alpha value is -2.30. The van der Waals surface area contributed by atoms with Crippen LogP contribution in [0.15, 0.2) is 36.4 Å². The second kappa shape index (κ2) is 9.76. The van der Waals surface area contributed by atoms with Crippen LogP contribution in [0, 0.1) is 17.8 Å². The number of hydrogen-bond acceptors (Lipinski definition) is 3. The Morgan fingerprint density at radius 2 is 1.75 bits per heavy atom. The summed E-state index contributed by atoms with van der Waals surface area (Å²) >= 11 is 0. The highest BCUT2D eigenvalue weighted by Gasteiger charge is 2.29. The number of halogens is 2. The SMILES string of the molecule is CCCCCc1ccc(C2CCC(C(=O)Oc3ccc(F)nc3F)CC2)cc1. The van der Waals surface area contributed by atoms with Gasteiger partial charge in [0.05, 0.1) is 5.92 Å². The molecule has 0 aliphatic heterocycles. The summed E-state index contributed by atoms with van der Waals surface area (Å²) in [5.74, 6) is -2.62. The van der Waals surface area contributed by atoms with Crippen LogP contribution in [0.2, 0.25) is 0 Å². The van der Waals surface area contributed by atoms with Gasteiger partial charge in [-0.2, -0.15) is 13.8 Å². The van der Waals surface area contributed by atoms with E-state index in [9.17, 15) is 13.6 Å². The Morgan fingerprint density at radius 1 is 1.04 bits per heavy atom. The average Bonchev–Trinajstić information content (AvgIpc) is 2.71. The number of aromatic nitrogens is 1. The summed E-state index contributed by atoms with van der Waals surface area (Å²) in [7, 11) is 0. The number of carbonyl (C=O) groups is 1. The van der Waals surface area contributed by atoms with E-state index in [-0.39, 0.29) is 11.7 Å². The normalized spacial score (nSPS) is 19.4. The summed E-state index contributed by atoms with van der Waals surface area (Å²) < 4.78 is 31.5. The van der Waals surface area contributed by atoms with E-state index in [0.717, 1.165) is 31.4 Å². The van der Waals surface area contributed by atoms with E-state index in [1.165, 1.54) is 30.4 Å². The maximum atomic E-state index is 13.6. The zero-order valence-electron chi connectivity index (χ0n) is 16.3. The van der Waals surface area contributed by atoms with Gasteiger partial charge in [-0.05, 0) is 67.7 Å². The van der Waals surface area contributed by atoms with E-state index < -0.39 is 17.9 Å². The first-order valence-electron chi connectivity index (χ1n) is 10.2. The minimum absolute atomic E-state index is 0.256. The van der Waals surface area contributed by atoms with E-state index in [1.54, 1.807) is 0 Å². The van der Waals surface area contributed by atoms with Gasteiger partial charge in [-0.15, -0.1) is 0 Å². The summed E-state index contributed by atoms with van der Waals surface area (Å²) in [5, 5.41) is 0. The van der Waals surface area contributed by atoms with Gasteiger partial charge < -0.3 is 4.74 Å². The standard InChI is InChI=1S/C23H27F2NO2/c1-2-3-4-5-16-6-8-17(9-7-16)18-10-12-19(13-11-18)23(27)28-20-14-15-21(24)26-22(20)25/h6-9,14-15,18-19H,2-5,10-13H2,1H3. The van der Waals surface area contributed by atoms with Crippen LogP contribution in [0.4, 0.5) is 8.78 Å². The van der Waals surface area contributed by atoms with Gasteiger partial charge in [0.15, 0.2) is 5.75 Å². The smallest absolute Gasteiger partial charge is 0.314 e. The van der Waals surface area contributed by atoms with Crippen LogP contribution in [0.25, 0.3) is 0 Å². The summed E-state index contributed by atoms with van der Waals surface area (Å²) in [5.41, 5.74) is 2.70. The van der Waals surface area contributed by atoms with Crippen LogP contribution in [-0.4, -0.2) is 11.0 Å². The summed E-state index contributed by atoms with van der Waals surface area (Å²) in [6.07, 6.45) is 8.07. The van der Waals surface area contributed by atoms with E-state index >= 15 is 0 Å². The highest BCUT2D eigenvalue weighted by molar-refractivity contribution is 5.75. The Kier molecular flexibility index (Phi) is 7.12. The van der Waals surface area contributed by atoms with Crippen molar-refractivity contribution < 1.29 is 18.3 Å². The van der Waals surface area contributed by atoms with Crippen molar-refractivity contribution in [1.29, 1.82) is 0 Å². The van der Waals surface area contributed by atoms with Gasteiger partial charge in [0.1, 0.15) is 0 Å². The number of unbranched alkanes of at least 4 members (excludes halogenated alkanes) is 2. The van der Waals surface area contributed by atoms with Gasteiger partial charge in [-0.3, -0.25) is 4.79 Å². The van der Waals surface area contributed by atoms with Crippen molar-refractivity contribution in [2.75, 3.05) is 0 Å². The maximum absolute atomic E-state index is 13.6. The molecular formula is C23H27F2NO2. The van der Waals surface area contributed by atoms with Crippen molar-refractivity contribution in [2.24, 2.45) is 5.92 Å². The number of carbonyl (C=O) groups excluding carboxylic acids is 1. The van der Waals surface area contributed by atoms with Gasteiger partial charge in [0.25, 0.3) is 5.95 Å². The summed E-state index contributed by atoms with van der Waals surface area (Å²) in [6.45, 7) is 2.21. The van der Waals surface area contributed by atoms with Crippen molar-refractivity contribution >= 4 is 5.97 Å². The third kappa shape index (κ3) is 5.37. The van der Waals surface area contributed by atoms with Crippen LogP contribution in [-0.2, 0) is 11.2 Å². The van der Waals surface area contributed by atoms with Crippen molar-refractivity contribution in [3.63, 3.8) is 0 Å². The second-order valence-corrected chi connectivity index (χ2v) is 7.59. The van der Waals surface area contributed by atoms with Gasteiger partial charge in [0.2, 0.25) is 5.95 Å². The molecule has 0 N–H and O–H groups in total. The van der Waals surface area contributed by atoms with E-state index in [2.05, 4.69) is 36.2 Å². The monoisotopic (exact) mass is 387 g/mol. The van der Waals surface area contributed by atoms with Crippen LogP contribution in [0.1, 0.15) is 68.9 Å². The molecule has 0 spiro atoms. The minimum atomic E-state index is -1.10. The Morgan fingerprint density at radius 3 is 2.39 bits per heavy atom. The molecule has 28 heavy (non-hydrogen) atoms. The van der Waals surface area contributed by atoms with Crippen LogP contribution in [0.3, 0.4) is 0 Å². The predicted molar refractivity (Wildman–Crippen MR) is 104 cm³/mol. The molecule has 5 heteroatoms. The zero-order valence-corrected chi connectivity index (χ0v) is 16.3. The van der Waals surface area contributed by atoms with Gasteiger partial charge in [-0.1, -0.05) is 44.0 Å². The highest BCUT2D eigenvalue weighted by Crippen LogP contribution is 2.36. The van der Waals surface area contributed by atoms with E-state index in [0.29, 0.717) is 18.8 Å². The second-order valence-electron chi connectivity index (χ2n) is 7.59. The van der Waals surface area contributed by atoms with Crippen LogP contribution in [0.5, 0.6) is 5.75 Å². The number of aryl methyl sites for hydroxylation is 1. The Bertz CT molecular complexity index is 784. The lowest BCUT2D eigenvalue weighted by atomic mass is 9.78. The molecule has 0 amide bonds. The molecule has 0 radical (unpaired) electrons. The van der Waals surface area contributed by atoms with Crippen molar-refractivity contribution in [3.05, 3.63) is 59.4 Å². The topological polar surface area (TPSA) is 39.2 Å². The highest BCUT2D eigenvalue weighted by atomic mass is 19.1. The molecule has 2 aromatic rings.